The van der Waals surface area contributed by atoms with Crippen molar-refractivity contribution in [3.8, 4) is 11.5 Å². The molecule has 0 unspecified atom stereocenters. The van der Waals surface area contributed by atoms with Gasteiger partial charge in [-0.15, -0.1) is 0 Å². The first-order valence-electron chi connectivity index (χ1n) is 9.38. The van der Waals surface area contributed by atoms with Gasteiger partial charge in [0.15, 0.2) is 16.4 Å². The number of esters is 1. The molecular weight excluding hydrogens is 394 g/mol. The van der Waals surface area contributed by atoms with Crippen LogP contribution in [-0.4, -0.2) is 55.9 Å². The van der Waals surface area contributed by atoms with E-state index in [9.17, 15) is 18.0 Å². The van der Waals surface area contributed by atoms with Crippen LogP contribution in [0.4, 0.5) is 0 Å². The summed E-state index contributed by atoms with van der Waals surface area (Å²) in [5.74, 6) is 0.277. The summed E-state index contributed by atoms with van der Waals surface area (Å²) in [5, 5.41) is 0. The van der Waals surface area contributed by atoms with Crippen LogP contribution in [0.5, 0.6) is 11.5 Å². The number of likely N-dealkylation sites (N-methyl/N-ethyl adjacent to an activating group) is 1. The Morgan fingerprint density at radius 3 is 2.28 bits per heavy atom. The molecule has 7 nitrogen and oxygen atoms in total. The van der Waals surface area contributed by atoms with Crippen LogP contribution in [0.25, 0.3) is 0 Å². The van der Waals surface area contributed by atoms with E-state index < -0.39 is 28.3 Å². The Hall–Kier alpha value is -2.87. The van der Waals surface area contributed by atoms with E-state index in [0.717, 1.165) is 0 Å². The number of benzene rings is 2. The van der Waals surface area contributed by atoms with Crippen molar-refractivity contribution in [2.75, 3.05) is 24.7 Å². The Morgan fingerprint density at radius 2 is 1.69 bits per heavy atom. The molecule has 1 saturated heterocycles. The van der Waals surface area contributed by atoms with Gasteiger partial charge in [-0.05, 0) is 49.7 Å². The summed E-state index contributed by atoms with van der Waals surface area (Å²) in [4.78, 5) is 26.1. The minimum atomic E-state index is -3.10. The van der Waals surface area contributed by atoms with Crippen molar-refractivity contribution in [2.45, 2.75) is 19.4 Å². The molecule has 0 aliphatic carbocycles. The maximum absolute atomic E-state index is 12.4. The summed E-state index contributed by atoms with van der Waals surface area (Å²) in [5.41, 5.74) is 0.296. The van der Waals surface area contributed by atoms with Crippen molar-refractivity contribution in [3.63, 3.8) is 0 Å². The highest BCUT2D eigenvalue weighted by atomic mass is 32.2. The third kappa shape index (κ3) is 5.57. The van der Waals surface area contributed by atoms with E-state index in [1.54, 1.807) is 31.2 Å². The molecular formula is C21H23NO6S. The van der Waals surface area contributed by atoms with Crippen molar-refractivity contribution >= 4 is 21.7 Å². The monoisotopic (exact) mass is 417 g/mol. The fourth-order valence-electron chi connectivity index (χ4n) is 3.24. The van der Waals surface area contributed by atoms with Crippen LogP contribution < -0.4 is 4.74 Å². The molecule has 0 saturated carbocycles. The number of amides is 1. The highest BCUT2D eigenvalue weighted by Gasteiger charge is 2.34. The van der Waals surface area contributed by atoms with Gasteiger partial charge in [-0.2, -0.15) is 0 Å². The van der Waals surface area contributed by atoms with E-state index in [4.69, 9.17) is 9.47 Å². The van der Waals surface area contributed by atoms with Crippen LogP contribution in [0, 0.1) is 0 Å². The minimum Gasteiger partial charge on any atom is -0.457 e. The molecule has 29 heavy (non-hydrogen) atoms. The highest BCUT2D eigenvalue weighted by Crippen LogP contribution is 2.21. The van der Waals surface area contributed by atoms with Crippen molar-refractivity contribution in [2.24, 2.45) is 0 Å². The molecule has 1 heterocycles. The van der Waals surface area contributed by atoms with Crippen LogP contribution in [0.15, 0.2) is 54.6 Å². The van der Waals surface area contributed by atoms with E-state index in [0.29, 0.717) is 30.0 Å². The first-order chi connectivity index (χ1) is 13.9. The molecule has 154 valence electrons. The van der Waals surface area contributed by atoms with Crippen LogP contribution in [0.2, 0.25) is 0 Å². The standard InChI is InChI=1S/C21H23NO6S/c1-2-22(17-12-13-29(25,26)15-17)20(23)14-27-21(24)16-8-10-19(11-9-16)28-18-6-4-3-5-7-18/h3-11,17H,2,12-15H2,1H3/t17-/m1/s1. The molecule has 0 bridgehead atoms. The number of para-hydroxylation sites is 1. The normalized spacial score (nSPS) is 17.5. The summed E-state index contributed by atoms with van der Waals surface area (Å²) >= 11 is 0. The SMILES string of the molecule is CCN(C(=O)COC(=O)c1ccc(Oc2ccccc2)cc1)[C@@H]1CCS(=O)(=O)C1. The second kappa shape index (κ2) is 9.09. The second-order valence-corrected chi connectivity index (χ2v) is 8.98. The average molecular weight is 417 g/mol. The zero-order valence-electron chi connectivity index (χ0n) is 16.1. The fourth-order valence-corrected chi connectivity index (χ4v) is 4.97. The number of nitrogens with zero attached hydrogens (tertiary/aromatic N) is 1. The van der Waals surface area contributed by atoms with E-state index in [-0.39, 0.29) is 17.5 Å². The molecule has 2 aromatic rings. The van der Waals surface area contributed by atoms with Gasteiger partial charge in [-0.3, -0.25) is 4.79 Å². The summed E-state index contributed by atoms with van der Waals surface area (Å²) < 4.78 is 34.1. The third-order valence-corrected chi connectivity index (χ3v) is 6.46. The van der Waals surface area contributed by atoms with Gasteiger partial charge >= 0.3 is 5.97 Å². The Labute approximate surface area is 170 Å². The van der Waals surface area contributed by atoms with Crippen LogP contribution in [0.1, 0.15) is 23.7 Å². The van der Waals surface area contributed by atoms with Crippen LogP contribution >= 0.6 is 0 Å². The molecule has 1 amide bonds. The first-order valence-corrected chi connectivity index (χ1v) is 11.2. The molecule has 2 aromatic carbocycles. The van der Waals surface area contributed by atoms with Crippen molar-refractivity contribution in [1.82, 2.24) is 4.90 Å². The number of carbonyl (C=O) groups excluding carboxylic acids is 2. The maximum Gasteiger partial charge on any atom is 0.338 e. The summed E-state index contributed by atoms with van der Waals surface area (Å²) in [6, 6.07) is 15.3. The quantitative estimate of drug-likeness (QED) is 0.644. The van der Waals surface area contributed by atoms with Gasteiger partial charge in [0.2, 0.25) is 0 Å². The van der Waals surface area contributed by atoms with Gasteiger partial charge in [0.25, 0.3) is 5.91 Å². The second-order valence-electron chi connectivity index (χ2n) is 6.75. The molecule has 0 spiro atoms. The van der Waals surface area contributed by atoms with Gasteiger partial charge in [0.1, 0.15) is 11.5 Å². The van der Waals surface area contributed by atoms with Crippen LogP contribution in [-0.2, 0) is 19.4 Å². The third-order valence-electron chi connectivity index (χ3n) is 4.71. The smallest absolute Gasteiger partial charge is 0.338 e. The fraction of sp³-hybridized carbons (Fsp3) is 0.333. The summed E-state index contributed by atoms with van der Waals surface area (Å²) in [6.45, 7) is 1.71. The Bertz CT molecular complexity index is 956. The molecule has 8 heteroatoms. The number of sulfone groups is 1. The molecule has 0 radical (unpaired) electrons. The lowest BCUT2D eigenvalue weighted by Gasteiger charge is -2.26. The Balaban J connectivity index is 1.53. The molecule has 1 aliphatic heterocycles. The lowest BCUT2D eigenvalue weighted by atomic mass is 10.2. The van der Waals surface area contributed by atoms with Gasteiger partial charge in [-0.25, -0.2) is 13.2 Å². The first kappa shape index (κ1) is 20.9. The maximum atomic E-state index is 12.4. The number of hydrogen-bond acceptors (Lipinski definition) is 6. The molecule has 1 fully saturated rings. The minimum absolute atomic E-state index is 0.0383. The lowest BCUT2D eigenvalue weighted by Crippen LogP contribution is -2.43. The average Bonchev–Trinajstić information content (AvgIpc) is 3.07. The van der Waals surface area contributed by atoms with Crippen molar-refractivity contribution < 1.29 is 27.5 Å². The van der Waals surface area contributed by atoms with Gasteiger partial charge in [0, 0.05) is 12.6 Å². The number of ether oxygens (including phenoxy) is 2. The van der Waals surface area contributed by atoms with Gasteiger partial charge in [0.05, 0.1) is 17.1 Å². The van der Waals surface area contributed by atoms with E-state index in [1.807, 2.05) is 30.3 Å². The number of carbonyl (C=O) groups is 2. The zero-order chi connectivity index (χ0) is 20.9. The Morgan fingerprint density at radius 1 is 1.03 bits per heavy atom. The molecule has 3 rings (SSSR count). The van der Waals surface area contributed by atoms with Crippen LogP contribution in [0.3, 0.4) is 0 Å². The predicted octanol–water partition coefficient (Wildman–Crippen LogP) is 2.67. The highest BCUT2D eigenvalue weighted by molar-refractivity contribution is 7.91. The molecule has 1 atom stereocenters. The molecule has 0 N–H and O–H groups in total. The van der Waals surface area contributed by atoms with E-state index in [2.05, 4.69) is 0 Å². The topological polar surface area (TPSA) is 90.0 Å². The zero-order valence-corrected chi connectivity index (χ0v) is 16.9. The van der Waals surface area contributed by atoms with E-state index in [1.165, 1.54) is 4.90 Å². The van der Waals surface area contributed by atoms with Gasteiger partial charge < -0.3 is 14.4 Å². The number of hydrogen-bond donors (Lipinski definition) is 0. The molecule has 1 aliphatic rings. The molecule has 0 aromatic heterocycles. The number of rotatable bonds is 7. The largest absolute Gasteiger partial charge is 0.457 e. The van der Waals surface area contributed by atoms with E-state index >= 15 is 0 Å². The van der Waals surface area contributed by atoms with Crippen molar-refractivity contribution in [1.29, 1.82) is 0 Å². The van der Waals surface area contributed by atoms with Crippen molar-refractivity contribution in [3.05, 3.63) is 60.2 Å². The lowest BCUT2D eigenvalue weighted by molar-refractivity contribution is -0.136. The van der Waals surface area contributed by atoms with Gasteiger partial charge in [-0.1, -0.05) is 18.2 Å². The summed E-state index contributed by atoms with van der Waals surface area (Å²) in [7, 11) is -3.10. The Kier molecular flexibility index (Phi) is 6.53. The predicted molar refractivity (Wildman–Crippen MR) is 108 cm³/mol. The summed E-state index contributed by atoms with van der Waals surface area (Å²) in [6.07, 6.45) is 0.415.